The van der Waals surface area contributed by atoms with Crippen LogP contribution in [0, 0.1) is 16.7 Å². The summed E-state index contributed by atoms with van der Waals surface area (Å²) in [4.78, 5) is 0. The highest BCUT2D eigenvalue weighted by Gasteiger charge is 2.48. The van der Waals surface area contributed by atoms with Crippen molar-refractivity contribution in [3.05, 3.63) is 0 Å². The van der Waals surface area contributed by atoms with E-state index in [0.29, 0.717) is 10.8 Å². The monoisotopic (exact) mass is 180 g/mol. The van der Waals surface area contributed by atoms with Gasteiger partial charge in [-0.3, -0.25) is 0 Å². The van der Waals surface area contributed by atoms with Gasteiger partial charge in [-0.15, -0.1) is 0 Å². The molecule has 0 amide bonds. The Bertz CT molecular complexity index is 196. The van der Waals surface area contributed by atoms with E-state index in [-0.39, 0.29) is 0 Å². The van der Waals surface area contributed by atoms with E-state index in [1.54, 1.807) is 0 Å². The zero-order chi connectivity index (χ0) is 9.53. The molecular formula is C13H24. The molecule has 2 fully saturated rings. The molecule has 2 saturated carbocycles. The lowest BCUT2D eigenvalue weighted by Gasteiger charge is -2.55. The quantitative estimate of drug-likeness (QED) is 0.518. The Balaban J connectivity index is 2.20. The molecule has 0 heteroatoms. The molecule has 2 aliphatic carbocycles. The van der Waals surface area contributed by atoms with Crippen LogP contribution in [0.3, 0.4) is 0 Å². The lowest BCUT2D eigenvalue weighted by Crippen LogP contribution is -2.44. The van der Waals surface area contributed by atoms with Gasteiger partial charge in [-0.2, -0.15) is 0 Å². The summed E-state index contributed by atoms with van der Waals surface area (Å²) in [5.74, 6) is 0.983. The minimum Gasteiger partial charge on any atom is -0.0625 e. The minimum absolute atomic E-state index is 0.683. The molecule has 0 saturated heterocycles. The van der Waals surface area contributed by atoms with Crippen LogP contribution in [0.4, 0.5) is 0 Å². The summed E-state index contributed by atoms with van der Waals surface area (Å²) in [6.45, 7) is 7.55. The minimum atomic E-state index is 0.683. The highest BCUT2D eigenvalue weighted by molar-refractivity contribution is 4.99. The van der Waals surface area contributed by atoms with Gasteiger partial charge in [0.15, 0.2) is 0 Å². The third-order valence-electron chi connectivity index (χ3n) is 5.15. The number of hydrogen-bond acceptors (Lipinski definition) is 0. The fourth-order valence-corrected chi connectivity index (χ4v) is 3.85. The summed E-state index contributed by atoms with van der Waals surface area (Å²) in [6.07, 6.45) is 10.4. The molecule has 1 unspecified atom stereocenters. The molecule has 2 aliphatic rings. The molecular weight excluding hydrogens is 156 g/mol. The fourth-order valence-electron chi connectivity index (χ4n) is 3.85. The molecule has 0 nitrogen and oxygen atoms in total. The molecule has 13 heavy (non-hydrogen) atoms. The number of fused-ring (bicyclic) bond motifs is 1. The van der Waals surface area contributed by atoms with E-state index >= 15 is 0 Å². The van der Waals surface area contributed by atoms with Gasteiger partial charge < -0.3 is 0 Å². The molecule has 3 atom stereocenters. The van der Waals surface area contributed by atoms with Gasteiger partial charge in [-0.25, -0.2) is 0 Å². The van der Waals surface area contributed by atoms with Crippen LogP contribution in [0.1, 0.15) is 65.7 Å². The standard InChI is InChI=1S/C13H24/c1-11-6-9-12(2)7-4-5-8-13(12,3)10-11/h11H,4-10H2,1-3H3/t11?,12-,13+/m1/s1. The summed E-state index contributed by atoms with van der Waals surface area (Å²) in [5.41, 5.74) is 1.38. The van der Waals surface area contributed by atoms with Crippen molar-refractivity contribution in [1.82, 2.24) is 0 Å². The SMILES string of the molecule is CC1CC[C@@]2(C)CCCC[C@@]2(C)C1. The van der Waals surface area contributed by atoms with Crippen LogP contribution in [0.15, 0.2) is 0 Å². The van der Waals surface area contributed by atoms with E-state index in [1.807, 2.05) is 0 Å². The molecule has 0 radical (unpaired) electrons. The van der Waals surface area contributed by atoms with Crippen molar-refractivity contribution < 1.29 is 0 Å². The second kappa shape index (κ2) is 3.00. The van der Waals surface area contributed by atoms with Crippen LogP contribution >= 0.6 is 0 Å². The summed E-state index contributed by atoms with van der Waals surface area (Å²) in [7, 11) is 0. The second-order valence-electron chi connectivity index (χ2n) is 6.18. The zero-order valence-electron chi connectivity index (χ0n) is 9.53. The normalized spacial score (nSPS) is 51.5. The Kier molecular flexibility index (Phi) is 2.20. The van der Waals surface area contributed by atoms with E-state index in [4.69, 9.17) is 0 Å². The first-order valence-corrected chi connectivity index (χ1v) is 6.06. The molecule has 2 rings (SSSR count). The van der Waals surface area contributed by atoms with Gasteiger partial charge in [0.05, 0.1) is 0 Å². The molecule has 0 aromatic carbocycles. The Hall–Kier alpha value is 0. The van der Waals surface area contributed by atoms with Crippen LogP contribution < -0.4 is 0 Å². The zero-order valence-corrected chi connectivity index (χ0v) is 9.53. The Labute approximate surface area is 83.1 Å². The molecule has 0 aromatic heterocycles. The second-order valence-corrected chi connectivity index (χ2v) is 6.18. The molecule has 0 spiro atoms. The molecule has 0 N–H and O–H groups in total. The van der Waals surface area contributed by atoms with Crippen molar-refractivity contribution in [1.29, 1.82) is 0 Å². The number of hydrogen-bond donors (Lipinski definition) is 0. The van der Waals surface area contributed by atoms with Crippen LogP contribution in [-0.4, -0.2) is 0 Å². The third kappa shape index (κ3) is 1.43. The lowest BCUT2D eigenvalue weighted by molar-refractivity contribution is -0.0448. The first kappa shape index (κ1) is 9.55. The van der Waals surface area contributed by atoms with E-state index in [2.05, 4.69) is 20.8 Å². The highest BCUT2D eigenvalue weighted by atomic mass is 14.5. The van der Waals surface area contributed by atoms with Crippen LogP contribution in [0.2, 0.25) is 0 Å². The number of rotatable bonds is 0. The van der Waals surface area contributed by atoms with Crippen molar-refractivity contribution in [3.63, 3.8) is 0 Å². The van der Waals surface area contributed by atoms with Crippen molar-refractivity contribution in [2.75, 3.05) is 0 Å². The molecule has 0 aliphatic heterocycles. The van der Waals surface area contributed by atoms with E-state index in [9.17, 15) is 0 Å². The van der Waals surface area contributed by atoms with E-state index in [1.165, 1.54) is 44.9 Å². The maximum absolute atomic E-state index is 2.56. The maximum atomic E-state index is 2.56. The van der Waals surface area contributed by atoms with E-state index < -0.39 is 0 Å². The topological polar surface area (TPSA) is 0 Å². The van der Waals surface area contributed by atoms with Gasteiger partial charge in [-0.1, -0.05) is 40.0 Å². The lowest BCUT2D eigenvalue weighted by atomic mass is 9.50. The van der Waals surface area contributed by atoms with Crippen LogP contribution in [-0.2, 0) is 0 Å². The van der Waals surface area contributed by atoms with Gasteiger partial charge in [0.2, 0.25) is 0 Å². The van der Waals surface area contributed by atoms with Gasteiger partial charge >= 0.3 is 0 Å². The Morgan fingerprint density at radius 2 is 1.54 bits per heavy atom. The van der Waals surface area contributed by atoms with Gasteiger partial charge in [0.25, 0.3) is 0 Å². The van der Waals surface area contributed by atoms with Crippen molar-refractivity contribution >= 4 is 0 Å². The molecule has 0 heterocycles. The Morgan fingerprint density at radius 3 is 2.23 bits per heavy atom. The third-order valence-corrected chi connectivity index (χ3v) is 5.15. The predicted molar refractivity (Wildman–Crippen MR) is 57.7 cm³/mol. The average molecular weight is 180 g/mol. The molecule has 0 bridgehead atoms. The van der Waals surface area contributed by atoms with Gasteiger partial charge in [0.1, 0.15) is 0 Å². The highest BCUT2D eigenvalue weighted by Crippen LogP contribution is 2.59. The van der Waals surface area contributed by atoms with Crippen molar-refractivity contribution in [2.45, 2.75) is 65.7 Å². The fraction of sp³-hybridized carbons (Fsp3) is 1.00. The van der Waals surface area contributed by atoms with Crippen molar-refractivity contribution in [3.8, 4) is 0 Å². The first-order chi connectivity index (χ1) is 6.06. The first-order valence-electron chi connectivity index (χ1n) is 6.06. The summed E-state index contributed by atoms with van der Waals surface area (Å²) in [6, 6.07) is 0. The van der Waals surface area contributed by atoms with Gasteiger partial charge in [0, 0.05) is 0 Å². The smallest absolute Gasteiger partial charge is 0.0269 e. The van der Waals surface area contributed by atoms with Gasteiger partial charge in [-0.05, 0) is 42.4 Å². The summed E-state index contributed by atoms with van der Waals surface area (Å²) in [5, 5.41) is 0. The Morgan fingerprint density at radius 1 is 0.923 bits per heavy atom. The van der Waals surface area contributed by atoms with Crippen LogP contribution in [0.5, 0.6) is 0 Å². The average Bonchev–Trinajstić information content (AvgIpc) is 2.07. The molecule has 0 aromatic rings. The largest absolute Gasteiger partial charge is 0.0625 e. The maximum Gasteiger partial charge on any atom is -0.0269 e. The predicted octanol–water partition coefficient (Wildman–Crippen LogP) is 4.39. The van der Waals surface area contributed by atoms with Crippen molar-refractivity contribution in [2.24, 2.45) is 16.7 Å². The molecule has 76 valence electrons. The van der Waals surface area contributed by atoms with Crippen LogP contribution in [0.25, 0.3) is 0 Å². The van der Waals surface area contributed by atoms with E-state index in [0.717, 1.165) is 5.92 Å². The summed E-state index contributed by atoms with van der Waals surface area (Å²) < 4.78 is 0. The summed E-state index contributed by atoms with van der Waals surface area (Å²) >= 11 is 0.